The molecule has 1 aromatic heterocycles. The Hall–Kier alpha value is -2.54. The Balaban J connectivity index is 1.78. The molecular formula is C18H18BrN5O. The summed E-state index contributed by atoms with van der Waals surface area (Å²) in [6.07, 6.45) is 0.817. The van der Waals surface area contributed by atoms with Crippen molar-refractivity contribution in [2.45, 2.75) is 18.5 Å². The van der Waals surface area contributed by atoms with Gasteiger partial charge in [0.25, 0.3) is 0 Å². The van der Waals surface area contributed by atoms with E-state index in [1.807, 2.05) is 35.0 Å². The maximum Gasteiger partial charge on any atom is 0.241 e. The molecule has 25 heavy (non-hydrogen) atoms. The SMILES string of the molecule is COc1ccccc1[C@@H]1C[C@@H](c2ccc(Br)cc2)Nc2nc(N)nn21. The highest BCUT2D eigenvalue weighted by molar-refractivity contribution is 9.10. The van der Waals surface area contributed by atoms with Crippen LogP contribution >= 0.6 is 15.9 Å². The highest BCUT2D eigenvalue weighted by atomic mass is 79.9. The molecule has 4 rings (SSSR count). The first-order valence-corrected chi connectivity index (χ1v) is 8.82. The highest BCUT2D eigenvalue weighted by Gasteiger charge is 2.32. The van der Waals surface area contributed by atoms with Gasteiger partial charge in [-0.25, -0.2) is 4.68 Å². The third-order valence-corrected chi connectivity index (χ3v) is 5.00. The number of methoxy groups -OCH3 is 1. The third-order valence-electron chi connectivity index (χ3n) is 4.48. The van der Waals surface area contributed by atoms with Gasteiger partial charge in [0.2, 0.25) is 11.9 Å². The predicted molar refractivity (Wildman–Crippen MR) is 101 cm³/mol. The van der Waals surface area contributed by atoms with Crippen molar-refractivity contribution >= 4 is 27.8 Å². The highest BCUT2D eigenvalue weighted by Crippen LogP contribution is 2.40. The molecule has 0 spiro atoms. The number of rotatable bonds is 3. The van der Waals surface area contributed by atoms with Crippen LogP contribution in [-0.4, -0.2) is 21.9 Å². The van der Waals surface area contributed by atoms with Gasteiger partial charge in [-0.3, -0.25) is 0 Å². The molecule has 2 atom stereocenters. The molecular weight excluding hydrogens is 382 g/mol. The van der Waals surface area contributed by atoms with E-state index >= 15 is 0 Å². The van der Waals surface area contributed by atoms with Gasteiger partial charge in [0.15, 0.2) is 0 Å². The van der Waals surface area contributed by atoms with Crippen LogP contribution in [0.5, 0.6) is 5.75 Å². The number of anilines is 2. The third kappa shape index (κ3) is 2.95. The van der Waals surface area contributed by atoms with Gasteiger partial charge in [-0.05, 0) is 30.2 Å². The zero-order valence-corrected chi connectivity index (χ0v) is 15.3. The fourth-order valence-corrected chi connectivity index (χ4v) is 3.57. The number of benzene rings is 2. The Labute approximate surface area is 154 Å². The first-order valence-electron chi connectivity index (χ1n) is 8.02. The Morgan fingerprint density at radius 1 is 1.20 bits per heavy atom. The summed E-state index contributed by atoms with van der Waals surface area (Å²) in [7, 11) is 1.68. The number of fused-ring (bicyclic) bond motifs is 1. The zero-order chi connectivity index (χ0) is 17.4. The second-order valence-corrected chi connectivity index (χ2v) is 6.90. The first kappa shape index (κ1) is 16.0. The minimum absolute atomic E-state index is 0.00848. The minimum atomic E-state index is -0.00848. The summed E-state index contributed by atoms with van der Waals surface area (Å²) in [5, 5.41) is 7.83. The van der Waals surface area contributed by atoms with Gasteiger partial charge in [-0.2, -0.15) is 4.98 Å². The lowest BCUT2D eigenvalue weighted by atomic mass is 9.93. The van der Waals surface area contributed by atoms with Crippen molar-refractivity contribution in [1.29, 1.82) is 0 Å². The molecule has 2 heterocycles. The molecule has 0 saturated heterocycles. The summed E-state index contributed by atoms with van der Waals surface area (Å²) in [5.74, 6) is 1.77. The van der Waals surface area contributed by atoms with Gasteiger partial charge in [0, 0.05) is 10.0 Å². The van der Waals surface area contributed by atoms with Crippen LogP contribution in [0.3, 0.4) is 0 Å². The summed E-state index contributed by atoms with van der Waals surface area (Å²) >= 11 is 3.49. The number of nitrogens with one attached hydrogen (secondary N) is 1. The molecule has 0 bridgehead atoms. The lowest BCUT2D eigenvalue weighted by molar-refractivity contribution is 0.380. The van der Waals surface area contributed by atoms with Crippen molar-refractivity contribution in [1.82, 2.24) is 14.8 Å². The number of aromatic nitrogens is 3. The van der Waals surface area contributed by atoms with Crippen LogP contribution in [0.25, 0.3) is 0 Å². The lowest BCUT2D eigenvalue weighted by Gasteiger charge is -2.32. The average molecular weight is 400 g/mol. The van der Waals surface area contributed by atoms with Crippen molar-refractivity contribution in [2.75, 3.05) is 18.2 Å². The van der Waals surface area contributed by atoms with Crippen LogP contribution in [0.4, 0.5) is 11.9 Å². The molecule has 1 aliphatic rings. The molecule has 0 saturated carbocycles. The number of hydrogen-bond acceptors (Lipinski definition) is 5. The van der Waals surface area contributed by atoms with Crippen molar-refractivity contribution in [3.8, 4) is 5.75 Å². The normalized spacial score (nSPS) is 19.1. The largest absolute Gasteiger partial charge is 0.496 e. The van der Waals surface area contributed by atoms with Crippen molar-refractivity contribution in [3.05, 3.63) is 64.1 Å². The second-order valence-electron chi connectivity index (χ2n) is 5.98. The summed E-state index contributed by atoms with van der Waals surface area (Å²) in [6, 6.07) is 16.4. The van der Waals surface area contributed by atoms with Crippen LogP contribution in [-0.2, 0) is 0 Å². The molecule has 2 aromatic carbocycles. The van der Waals surface area contributed by atoms with E-state index in [0.29, 0.717) is 5.95 Å². The van der Waals surface area contributed by atoms with E-state index < -0.39 is 0 Å². The minimum Gasteiger partial charge on any atom is -0.496 e. The number of nitrogens with two attached hydrogens (primary N) is 1. The van der Waals surface area contributed by atoms with Crippen LogP contribution in [0.1, 0.15) is 29.6 Å². The Kier molecular flexibility index (Phi) is 4.09. The van der Waals surface area contributed by atoms with E-state index in [9.17, 15) is 0 Å². The molecule has 0 unspecified atom stereocenters. The van der Waals surface area contributed by atoms with Crippen molar-refractivity contribution in [3.63, 3.8) is 0 Å². The van der Waals surface area contributed by atoms with E-state index in [-0.39, 0.29) is 18.0 Å². The topological polar surface area (TPSA) is 78.0 Å². The average Bonchev–Trinajstić information content (AvgIpc) is 3.01. The molecule has 0 radical (unpaired) electrons. The standard InChI is InChI=1S/C18H18BrN5O/c1-25-16-5-3-2-4-13(16)15-10-14(11-6-8-12(19)9-7-11)21-18-22-17(20)23-24(15)18/h2-9,14-15H,10H2,1H3,(H3,20,21,22,23)/t14-,15-/m0/s1. The van der Waals surface area contributed by atoms with Crippen LogP contribution in [0.2, 0.25) is 0 Å². The predicted octanol–water partition coefficient (Wildman–Crippen LogP) is 3.78. The van der Waals surface area contributed by atoms with Crippen LogP contribution in [0, 0.1) is 0 Å². The Morgan fingerprint density at radius 2 is 1.96 bits per heavy atom. The smallest absolute Gasteiger partial charge is 0.241 e. The number of nitrogens with zero attached hydrogens (tertiary/aromatic N) is 3. The maximum atomic E-state index is 5.85. The summed E-state index contributed by atoms with van der Waals surface area (Å²) in [6.45, 7) is 0. The van der Waals surface area contributed by atoms with Crippen LogP contribution in [0.15, 0.2) is 53.0 Å². The molecule has 1 aliphatic heterocycles. The fourth-order valence-electron chi connectivity index (χ4n) is 3.31. The van der Waals surface area contributed by atoms with E-state index in [1.54, 1.807) is 7.11 Å². The number of hydrogen-bond donors (Lipinski definition) is 2. The summed E-state index contributed by atoms with van der Waals surface area (Å²) in [4.78, 5) is 4.34. The zero-order valence-electron chi connectivity index (χ0n) is 13.7. The van der Waals surface area contributed by atoms with Gasteiger partial charge in [0.05, 0.1) is 19.2 Å². The molecule has 0 aliphatic carbocycles. The number of ether oxygens (including phenoxy) is 1. The molecule has 3 N–H and O–H groups in total. The number of para-hydroxylation sites is 1. The van der Waals surface area contributed by atoms with Crippen LogP contribution < -0.4 is 15.8 Å². The van der Waals surface area contributed by atoms with Gasteiger partial charge < -0.3 is 15.8 Å². The van der Waals surface area contributed by atoms with E-state index in [4.69, 9.17) is 10.5 Å². The van der Waals surface area contributed by atoms with Gasteiger partial charge >= 0.3 is 0 Å². The summed E-state index contributed by atoms with van der Waals surface area (Å²) in [5.41, 5.74) is 8.11. The maximum absolute atomic E-state index is 5.85. The lowest BCUT2D eigenvalue weighted by Crippen LogP contribution is -2.28. The molecule has 3 aromatic rings. The Morgan fingerprint density at radius 3 is 2.72 bits per heavy atom. The van der Waals surface area contributed by atoms with Gasteiger partial charge in [-0.15, -0.1) is 5.10 Å². The monoisotopic (exact) mass is 399 g/mol. The number of halogens is 1. The molecule has 6 nitrogen and oxygen atoms in total. The summed E-state index contributed by atoms with van der Waals surface area (Å²) < 4.78 is 8.46. The fraction of sp³-hybridized carbons (Fsp3) is 0.222. The van der Waals surface area contributed by atoms with Crippen molar-refractivity contribution < 1.29 is 4.74 Å². The molecule has 0 amide bonds. The van der Waals surface area contributed by atoms with E-state index in [2.05, 4.69) is 49.5 Å². The molecule has 0 fully saturated rings. The van der Waals surface area contributed by atoms with Crippen molar-refractivity contribution in [2.24, 2.45) is 0 Å². The second kappa shape index (κ2) is 6.40. The Bertz CT molecular complexity index is 893. The molecule has 128 valence electrons. The van der Waals surface area contributed by atoms with E-state index in [0.717, 1.165) is 22.2 Å². The van der Waals surface area contributed by atoms with Gasteiger partial charge in [-0.1, -0.05) is 46.3 Å². The first-order chi connectivity index (χ1) is 12.2. The quantitative estimate of drug-likeness (QED) is 0.700. The number of nitrogen functional groups attached to an aromatic ring is 1. The van der Waals surface area contributed by atoms with E-state index in [1.165, 1.54) is 5.56 Å². The van der Waals surface area contributed by atoms with Gasteiger partial charge in [0.1, 0.15) is 5.75 Å². The molecule has 7 heteroatoms.